The van der Waals surface area contributed by atoms with Crippen LogP contribution in [-0.4, -0.2) is 35.3 Å². The van der Waals surface area contributed by atoms with Crippen LogP contribution in [0.15, 0.2) is 29.2 Å². The third-order valence-electron chi connectivity index (χ3n) is 6.62. The fraction of sp³-hybridized carbons (Fsp3) is 0.464. The number of aryl methyl sites for hydroxylation is 1. The summed E-state index contributed by atoms with van der Waals surface area (Å²) in [5.41, 5.74) is 4.00. The SMILES string of the molecule is CCOC(=O)c1cc(C2CC2)c2c(C)c(-c3cc4c(s3)COCC4NC(=O)OC(C)(C)C)ccn2c1=O. The molecular formula is C28H32N2O6S. The number of nitrogens with one attached hydrogen (secondary N) is 1. The first-order valence-corrected chi connectivity index (χ1v) is 13.4. The van der Waals surface area contributed by atoms with Crippen LogP contribution in [0.1, 0.15) is 84.4 Å². The Balaban J connectivity index is 1.55. The summed E-state index contributed by atoms with van der Waals surface area (Å²) in [4.78, 5) is 40.2. The van der Waals surface area contributed by atoms with Gasteiger partial charge in [0.25, 0.3) is 5.56 Å². The van der Waals surface area contributed by atoms with E-state index in [9.17, 15) is 14.4 Å². The number of alkyl carbamates (subject to hydrolysis) is 1. The van der Waals surface area contributed by atoms with Crippen LogP contribution in [-0.2, 0) is 20.8 Å². The van der Waals surface area contributed by atoms with Gasteiger partial charge in [-0.3, -0.25) is 9.20 Å². The number of carbonyl (C=O) groups excluding carboxylic acids is 2. The molecule has 2 aliphatic rings. The Kier molecular flexibility index (Phi) is 6.62. The number of ether oxygens (including phenoxy) is 3. The van der Waals surface area contributed by atoms with E-state index in [0.717, 1.165) is 50.4 Å². The van der Waals surface area contributed by atoms with Gasteiger partial charge in [0.05, 0.1) is 31.4 Å². The Hall–Kier alpha value is -3.17. The van der Waals surface area contributed by atoms with Gasteiger partial charge in [0, 0.05) is 16.0 Å². The van der Waals surface area contributed by atoms with E-state index in [1.54, 1.807) is 34.9 Å². The number of thiophene rings is 1. The van der Waals surface area contributed by atoms with Gasteiger partial charge in [0.15, 0.2) is 0 Å². The first-order valence-electron chi connectivity index (χ1n) is 12.6. The van der Waals surface area contributed by atoms with Crippen LogP contribution in [0.25, 0.3) is 16.0 Å². The molecule has 3 aromatic heterocycles. The van der Waals surface area contributed by atoms with Gasteiger partial charge < -0.3 is 19.5 Å². The Morgan fingerprint density at radius 1 is 1.22 bits per heavy atom. The van der Waals surface area contributed by atoms with Crippen LogP contribution in [0.2, 0.25) is 0 Å². The van der Waals surface area contributed by atoms with Crippen molar-refractivity contribution in [2.75, 3.05) is 13.2 Å². The predicted molar refractivity (Wildman–Crippen MR) is 141 cm³/mol. The van der Waals surface area contributed by atoms with Crippen molar-refractivity contribution in [3.05, 3.63) is 61.9 Å². The van der Waals surface area contributed by atoms with Gasteiger partial charge in [-0.05, 0) is 93.8 Å². The molecule has 1 atom stereocenters. The second kappa shape index (κ2) is 9.61. The van der Waals surface area contributed by atoms with Crippen LogP contribution in [0.4, 0.5) is 4.79 Å². The van der Waals surface area contributed by atoms with E-state index in [1.165, 1.54) is 0 Å². The van der Waals surface area contributed by atoms with Gasteiger partial charge in [-0.2, -0.15) is 0 Å². The number of pyridine rings is 2. The second-order valence-electron chi connectivity index (χ2n) is 10.6. The van der Waals surface area contributed by atoms with Crippen LogP contribution < -0.4 is 10.9 Å². The summed E-state index contributed by atoms with van der Waals surface area (Å²) in [6.07, 6.45) is 3.33. The lowest BCUT2D eigenvalue weighted by molar-refractivity contribution is 0.0395. The van der Waals surface area contributed by atoms with E-state index in [2.05, 4.69) is 11.4 Å². The number of fused-ring (bicyclic) bond motifs is 2. The number of esters is 1. The number of carbonyl (C=O) groups is 2. The van der Waals surface area contributed by atoms with Crippen molar-refractivity contribution in [3.8, 4) is 10.4 Å². The normalized spacial score (nSPS) is 17.4. The maximum atomic E-state index is 13.2. The molecule has 1 saturated carbocycles. The maximum absolute atomic E-state index is 13.2. The zero-order valence-corrected chi connectivity index (χ0v) is 22.6. The molecule has 8 nitrogen and oxygen atoms in total. The van der Waals surface area contributed by atoms with Crippen LogP contribution >= 0.6 is 11.3 Å². The van der Waals surface area contributed by atoms with Crippen LogP contribution in [0.5, 0.6) is 0 Å². The molecule has 5 rings (SSSR count). The van der Waals surface area contributed by atoms with Gasteiger partial charge in [0.1, 0.15) is 11.2 Å². The summed E-state index contributed by atoms with van der Waals surface area (Å²) in [5, 5.41) is 2.94. The van der Waals surface area contributed by atoms with E-state index in [0.29, 0.717) is 19.1 Å². The summed E-state index contributed by atoms with van der Waals surface area (Å²) >= 11 is 1.63. The average Bonchev–Trinajstić information content (AvgIpc) is 3.57. The zero-order valence-electron chi connectivity index (χ0n) is 21.8. The minimum Gasteiger partial charge on any atom is -0.462 e. The van der Waals surface area contributed by atoms with Crippen molar-refractivity contribution >= 4 is 28.9 Å². The van der Waals surface area contributed by atoms with Gasteiger partial charge in [0.2, 0.25) is 0 Å². The van der Waals surface area contributed by atoms with E-state index in [-0.39, 0.29) is 23.8 Å². The topological polar surface area (TPSA) is 95.3 Å². The Labute approximate surface area is 219 Å². The minimum absolute atomic E-state index is 0.0770. The largest absolute Gasteiger partial charge is 0.462 e. The third-order valence-corrected chi connectivity index (χ3v) is 7.77. The van der Waals surface area contributed by atoms with E-state index in [4.69, 9.17) is 14.2 Å². The van der Waals surface area contributed by atoms with Gasteiger partial charge in [-0.1, -0.05) is 0 Å². The highest BCUT2D eigenvalue weighted by Gasteiger charge is 2.31. The molecule has 0 aromatic carbocycles. The van der Waals surface area contributed by atoms with Crippen molar-refractivity contribution < 1.29 is 23.8 Å². The molecule has 1 fully saturated rings. The number of hydrogen-bond acceptors (Lipinski definition) is 7. The van der Waals surface area contributed by atoms with Crippen molar-refractivity contribution in [3.63, 3.8) is 0 Å². The molecule has 0 bridgehead atoms. The fourth-order valence-corrected chi connectivity index (χ4v) is 6.08. The van der Waals surface area contributed by atoms with Crippen molar-refractivity contribution in [2.45, 2.75) is 71.6 Å². The first kappa shape index (κ1) is 25.5. The highest BCUT2D eigenvalue weighted by molar-refractivity contribution is 7.15. The number of hydrogen-bond donors (Lipinski definition) is 1. The summed E-state index contributed by atoms with van der Waals surface area (Å²) in [6.45, 7) is 10.3. The van der Waals surface area contributed by atoms with Gasteiger partial charge in [-0.25, -0.2) is 9.59 Å². The summed E-state index contributed by atoms with van der Waals surface area (Å²) in [6, 6.07) is 5.45. The maximum Gasteiger partial charge on any atom is 0.408 e. The molecular weight excluding hydrogens is 492 g/mol. The van der Waals surface area contributed by atoms with E-state index < -0.39 is 17.7 Å². The fourth-order valence-electron chi connectivity index (χ4n) is 4.84. The monoisotopic (exact) mass is 524 g/mol. The molecule has 0 spiro atoms. The molecule has 0 saturated heterocycles. The number of nitrogens with zero attached hydrogens (tertiary/aromatic N) is 1. The summed E-state index contributed by atoms with van der Waals surface area (Å²) < 4.78 is 17.9. The number of aromatic nitrogens is 1. The Bertz CT molecular complexity index is 1440. The lowest BCUT2D eigenvalue weighted by Crippen LogP contribution is -2.37. The lowest BCUT2D eigenvalue weighted by atomic mass is 9.99. The molecule has 1 N–H and O–H groups in total. The van der Waals surface area contributed by atoms with Crippen molar-refractivity contribution in [1.82, 2.24) is 9.72 Å². The van der Waals surface area contributed by atoms with E-state index >= 15 is 0 Å². The van der Waals surface area contributed by atoms with E-state index in [1.807, 2.05) is 33.8 Å². The minimum atomic E-state index is -0.588. The number of rotatable bonds is 5. The third kappa shape index (κ3) is 5.02. The highest BCUT2D eigenvalue weighted by Crippen LogP contribution is 2.45. The summed E-state index contributed by atoms with van der Waals surface area (Å²) in [5.74, 6) is -0.259. The van der Waals surface area contributed by atoms with Crippen LogP contribution in [0, 0.1) is 6.92 Å². The highest BCUT2D eigenvalue weighted by atomic mass is 32.1. The lowest BCUT2D eigenvalue weighted by Gasteiger charge is -2.26. The molecule has 4 heterocycles. The second-order valence-corrected chi connectivity index (χ2v) is 11.7. The first-order chi connectivity index (χ1) is 17.6. The molecule has 37 heavy (non-hydrogen) atoms. The van der Waals surface area contributed by atoms with Crippen LogP contribution in [0.3, 0.4) is 0 Å². The Morgan fingerprint density at radius 3 is 2.65 bits per heavy atom. The Morgan fingerprint density at radius 2 is 1.97 bits per heavy atom. The molecule has 0 radical (unpaired) electrons. The van der Waals surface area contributed by atoms with Gasteiger partial charge in [-0.15, -0.1) is 11.3 Å². The standard InChI is InChI=1S/C28H32N2O6S/c1-6-35-26(32)20-11-18(16-7-8-16)24-15(2)17(9-10-30(24)25(20)31)22-12-19-21(13-34-14-23(19)37-22)29-27(33)36-28(3,4)5/h9-12,16,21H,6-8,13-14H2,1-5H3,(H,29,33). The molecule has 196 valence electrons. The number of amides is 1. The quantitative estimate of drug-likeness (QED) is 0.444. The smallest absolute Gasteiger partial charge is 0.408 e. The van der Waals surface area contributed by atoms with Gasteiger partial charge >= 0.3 is 12.1 Å². The molecule has 9 heteroatoms. The molecule has 1 aliphatic carbocycles. The predicted octanol–water partition coefficient (Wildman–Crippen LogP) is 5.49. The zero-order chi connectivity index (χ0) is 26.5. The average molecular weight is 525 g/mol. The molecule has 1 amide bonds. The van der Waals surface area contributed by atoms with Crippen molar-refractivity contribution in [2.24, 2.45) is 0 Å². The van der Waals surface area contributed by atoms with Crippen molar-refractivity contribution in [1.29, 1.82) is 0 Å². The molecule has 1 unspecified atom stereocenters. The molecule has 3 aromatic rings. The summed E-state index contributed by atoms with van der Waals surface area (Å²) in [7, 11) is 0. The molecule has 1 aliphatic heterocycles.